The summed E-state index contributed by atoms with van der Waals surface area (Å²) < 4.78 is 26.5. The van der Waals surface area contributed by atoms with Crippen molar-refractivity contribution in [3.05, 3.63) is 66.0 Å². The number of aromatic nitrogens is 3. The zero-order valence-corrected chi connectivity index (χ0v) is 16.0. The minimum atomic E-state index is -3.61. The Morgan fingerprint density at radius 3 is 2.71 bits per heavy atom. The number of fused-ring (bicyclic) bond motifs is 2. The molecule has 2 aromatic heterocycles. The molecule has 0 saturated carbocycles. The molecular formula is C21H18N4O2S. The van der Waals surface area contributed by atoms with Gasteiger partial charge in [0.05, 0.1) is 16.0 Å². The van der Waals surface area contributed by atoms with E-state index in [2.05, 4.69) is 20.5 Å². The fraction of sp³-hybridized carbons (Fsp3) is 0.143. The van der Waals surface area contributed by atoms with Crippen LogP contribution in [0, 0.1) is 6.92 Å². The maximum Gasteiger partial charge on any atom is 0.206 e. The molecule has 0 amide bonds. The fourth-order valence-corrected chi connectivity index (χ4v) is 4.98. The zero-order valence-electron chi connectivity index (χ0n) is 15.2. The van der Waals surface area contributed by atoms with Crippen molar-refractivity contribution in [2.24, 2.45) is 0 Å². The summed E-state index contributed by atoms with van der Waals surface area (Å²) in [4.78, 5) is 4.98. The molecule has 3 heterocycles. The SMILES string of the molecule is Cc1ccc(S(=O)(=O)c2ccc3c(c2)CCN3)cc1-c1cnc2[nH]ncc2c1. The number of nitrogens with one attached hydrogen (secondary N) is 2. The second-order valence-corrected chi connectivity index (χ2v) is 8.96. The Morgan fingerprint density at radius 1 is 1.00 bits per heavy atom. The van der Waals surface area contributed by atoms with Gasteiger partial charge in [-0.25, -0.2) is 13.4 Å². The van der Waals surface area contributed by atoms with Crippen LogP contribution in [-0.2, 0) is 16.3 Å². The molecule has 0 aliphatic carbocycles. The van der Waals surface area contributed by atoms with Gasteiger partial charge in [-0.1, -0.05) is 6.07 Å². The summed E-state index contributed by atoms with van der Waals surface area (Å²) in [7, 11) is -3.61. The Kier molecular flexibility index (Phi) is 3.73. The summed E-state index contributed by atoms with van der Waals surface area (Å²) in [6.07, 6.45) is 4.29. The summed E-state index contributed by atoms with van der Waals surface area (Å²) in [5.74, 6) is 0. The van der Waals surface area contributed by atoms with Crippen LogP contribution in [0.4, 0.5) is 5.69 Å². The van der Waals surface area contributed by atoms with Gasteiger partial charge in [0, 0.05) is 29.4 Å². The second kappa shape index (κ2) is 6.17. The predicted octanol–water partition coefficient (Wildman–Crippen LogP) is 3.73. The van der Waals surface area contributed by atoms with E-state index in [9.17, 15) is 8.42 Å². The number of hydrogen-bond acceptors (Lipinski definition) is 5. The van der Waals surface area contributed by atoms with Gasteiger partial charge in [-0.3, -0.25) is 5.10 Å². The molecule has 140 valence electrons. The van der Waals surface area contributed by atoms with Crippen molar-refractivity contribution < 1.29 is 8.42 Å². The van der Waals surface area contributed by atoms with E-state index < -0.39 is 9.84 Å². The minimum Gasteiger partial charge on any atom is -0.384 e. The van der Waals surface area contributed by atoms with E-state index in [0.717, 1.165) is 46.3 Å². The molecular weight excluding hydrogens is 372 g/mol. The third-order valence-electron chi connectivity index (χ3n) is 5.22. The van der Waals surface area contributed by atoms with Gasteiger partial charge in [0.2, 0.25) is 9.84 Å². The van der Waals surface area contributed by atoms with E-state index in [1.54, 1.807) is 36.7 Å². The third kappa shape index (κ3) is 2.66. The zero-order chi connectivity index (χ0) is 19.3. The van der Waals surface area contributed by atoms with Gasteiger partial charge < -0.3 is 5.32 Å². The average Bonchev–Trinajstić information content (AvgIpc) is 3.36. The van der Waals surface area contributed by atoms with Gasteiger partial charge in [0.1, 0.15) is 0 Å². The van der Waals surface area contributed by atoms with Crippen molar-refractivity contribution in [3.8, 4) is 11.1 Å². The van der Waals surface area contributed by atoms with Crippen LogP contribution in [0.5, 0.6) is 0 Å². The second-order valence-electron chi connectivity index (χ2n) is 7.01. The highest BCUT2D eigenvalue weighted by atomic mass is 32.2. The van der Waals surface area contributed by atoms with Gasteiger partial charge in [0.15, 0.2) is 5.65 Å². The van der Waals surface area contributed by atoms with Crippen molar-refractivity contribution in [3.63, 3.8) is 0 Å². The van der Waals surface area contributed by atoms with E-state index in [1.807, 2.05) is 25.1 Å². The van der Waals surface area contributed by atoms with Gasteiger partial charge in [-0.05, 0) is 66.4 Å². The topological polar surface area (TPSA) is 87.7 Å². The normalized spacial score (nSPS) is 13.5. The molecule has 0 bridgehead atoms. The molecule has 1 aliphatic rings. The van der Waals surface area contributed by atoms with E-state index in [0.29, 0.717) is 10.5 Å². The summed E-state index contributed by atoms with van der Waals surface area (Å²) in [5.41, 5.74) is 5.46. The van der Waals surface area contributed by atoms with E-state index in [4.69, 9.17) is 0 Å². The molecule has 6 nitrogen and oxygen atoms in total. The lowest BCUT2D eigenvalue weighted by molar-refractivity contribution is 0.596. The van der Waals surface area contributed by atoms with Crippen LogP contribution in [0.25, 0.3) is 22.2 Å². The first-order chi connectivity index (χ1) is 13.5. The van der Waals surface area contributed by atoms with E-state index in [-0.39, 0.29) is 4.90 Å². The number of nitrogens with zero attached hydrogens (tertiary/aromatic N) is 2. The van der Waals surface area contributed by atoms with Crippen molar-refractivity contribution in [1.29, 1.82) is 0 Å². The van der Waals surface area contributed by atoms with Crippen molar-refractivity contribution in [2.75, 3.05) is 11.9 Å². The Hall–Kier alpha value is -3.19. The van der Waals surface area contributed by atoms with Crippen LogP contribution in [0.2, 0.25) is 0 Å². The molecule has 0 radical (unpaired) electrons. The number of pyridine rings is 1. The number of H-pyrrole nitrogens is 1. The van der Waals surface area contributed by atoms with Crippen molar-refractivity contribution in [1.82, 2.24) is 15.2 Å². The molecule has 7 heteroatoms. The standard InChI is InChI=1S/C21H18N4O2S/c1-13-2-3-18(10-19(13)15-8-16-12-24-25-21(16)23-11-15)28(26,27)17-4-5-20-14(9-17)6-7-22-20/h2-5,8-12,22H,6-7H2,1H3,(H,23,24,25). The summed E-state index contributed by atoms with van der Waals surface area (Å²) >= 11 is 0. The lowest BCUT2D eigenvalue weighted by Crippen LogP contribution is -2.03. The quantitative estimate of drug-likeness (QED) is 0.556. The predicted molar refractivity (Wildman–Crippen MR) is 108 cm³/mol. The highest BCUT2D eigenvalue weighted by Gasteiger charge is 2.22. The van der Waals surface area contributed by atoms with E-state index in [1.165, 1.54) is 0 Å². The average molecular weight is 390 g/mol. The molecule has 28 heavy (non-hydrogen) atoms. The van der Waals surface area contributed by atoms with E-state index >= 15 is 0 Å². The van der Waals surface area contributed by atoms with Gasteiger partial charge in [-0.15, -0.1) is 0 Å². The first-order valence-electron chi connectivity index (χ1n) is 9.04. The van der Waals surface area contributed by atoms with Crippen LogP contribution in [-0.4, -0.2) is 30.1 Å². The number of aryl methyl sites for hydroxylation is 1. The lowest BCUT2D eigenvalue weighted by atomic mass is 10.0. The molecule has 0 saturated heterocycles. The Morgan fingerprint density at radius 2 is 1.82 bits per heavy atom. The third-order valence-corrected chi connectivity index (χ3v) is 6.97. The summed E-state index contributed by atoms with van der Waals surface area (Å²) in [5, 5.41) is 11.0. The number of aromatic amines is 1. The van der Waals surface area contributed by atoms with Crippen molar-refractivity contribution >= 4 is 26.6 Å². The molecule has 0 unspecified atom stereocenters. The fourth-order valence-electron chi connectivity index (χ4n) is 3.65. The Bertz CT molecular complexity index is 1330. The highest BCUT2D eigenvalue weighted by molar-refractivity contribution is 7.91. The van der Waals surface area contributed by atoms with Crippen LogP contribution >= 0.6 is 0 Å². The minimum absolute atomic E-state index is 0.284. The monoisotopic (exact) mass is 390 g/mol. The molecule has 2 aromatic carbocycles. The molecule has 1 aliphatic heterocycles. The van der Waals surface area contributed by atoms with Crippen LogP contribution in [0.15, 0.2) is 64.6 Å². The van der Waals surface area contributed by atoms with Gasteiger partial charge in [-0.2, -0.15) is 5.10 Å². The lowest BCUT2D eigenvalue weighted by Gasteiger charge is -2.11. The Balaban J connectivity index is 1.61. The Labute approximate surface area is 162 Å². The van der Waals surface area contributed by atoms with Crippen LogP contribution in [0.3, 0.4) is 0 Å². The molecule has 0 atom stereocenters. The molecule has 4 aromatic rings. The summed E-state index contributed by atoms with van der Waals surface area (Å²) in [6, 6.07) is 12.5. The number of rotatable bonds is 3. The molecule has 0 fully saturated rings. The number of anilines is 1. The summed E-state index contributed by atoms with van der Waals surface area (Å²) in [6.45, 7) is 2.81. The molecule has 0 spiro atoms. The largest absolute Gasteiger partial charge is 0.384 e. The van der Waals surface area contributed by atoms with Gasteiger partial charge in [0.25, 0.3) is 0 Å². The molecule has 2 N–H and O–H groups in total. The van der Waals surface area contributed by atoms with Crippen molar-refractivity contribution in [2.45, 2.75) is 23.1 Å². The maximum absolute atomic E-state index is 13.2. The van der Waals surface area contributed by atoms with Crippen LogP contribution < -0.4 is 5.32 Å². The van der Waals surface area contributed by atoms with Gasteiger partial charge >= 0.3 is 0 Å². The van der Waals surface area contributed by atoms with Crippen LogP contribution in [0.1, 0.15) is 11.1 Å². The highest BCUT2D eigenvalue weighted by Crippen LogP contribution is 2.32. The smallest absolute Gasteiger partial charge is 0.206 e. The molecule has 5 rings (SSSR count). The first kappa shape index (κ1) is 16.9. The number of sulfone groups is 1. The maximum atomic E-state index is 13.2. The number of benzene rings is 2. The number of hydrogen-bond donors (Lipinski definition) is 2. The first-order valence-corrected chi connectivity index (χ1v) is 10.5.